The van der Waals surface area contributed by atoms with Gasteiger partial charge in [-0.25, -0.2) is 0 Å². The molecule has 6 heteroatoms. The van der Waals surface area contributed by atoms with Gasteiger partial charge in [-0.15, -0.1) is 0 Å². The molecule has 1 unspecified atom stereocenters. The lowest BCUT2D eigenvalue weighted by Crippen LogP contribution is -2.30. The van der Waals surface area contributed by atoms with E-state index in [9.17, 15) is 14.4 Å². The molecule has 0 amide bonds. The van der Waals surface area contributed by atoms with Gasteiger partial charge in [-0.1, -0.05) is 318 Å². The molecule has 0 N–H and O–H groups in total. The van der Waals surface area contributed by atoms with Crippen molar-refractivity contribution < 1.29 is 28.6 Å². The maximum absolute atomic E-state index is 12.9. The second-order valence-electron chi connectivity index (χ2n) is 22.0. The van der Waals surface area contributed by atoms with Crippen LogP contribution in [0.1, 0.15) is 329 Å². The topological polar surface area (TPSA) is 78.9 Å². The third-order valence-electron chi connectivity index (χ3n) is 14.4. The van der Waals surface area contributed by atoms with E-state index in [-0.39, 0.29) is 31.1 Å². The number of esters is 3. The predicted octanol–water partition coefficient (Wildman–Crippen LogP) is 22.7. The lowest BCUT2D eigenvalue weighted by atomic mass is 10.0. The molecule has 1 atom stereocenters. The van der Waals surface area contributed by atoms with Gasteiger partial charge in [0.2, 0.25) is 0 Å². The minimum Gasteiger partial charge on any atom is -0.462 e. The van der Waals surface area contributed by atoms with Gasteiger partial charge in [-0.3, -0.25) is 14.4 Å². The second-order valence-corrected chi connectivity index (χ2v) is 22.0. The summed E-state index contributed by atoms with van der Waals surface area (Å²) in [6, 6.07) is 0. The van der Waals surface area contributed by atoms with Crippen molar-refractivity contribution >= 4 is 17.9 Å². The maximum Gasteiger partial charge on any atom is 0.306 e. The summed E-state index contributed by atoms with van der Waals surface area (Å²) in [5.74, 6) is -0.862. The standard InChI is InChI=1S/C71H124O6/c1-4-7-10-13-16-19-22-25-28-29-30-31-32-33-34-35-36-37-38-39-40-41-42-43-44-47-49-52-55-58-61-64-70(73)76-67-68(77-71(74)65-62-59-56-53-50-46-27-24-21-18-15-12-9-6-3)66-75-69(72)63-60-57-54-51-48-45-26-23-20-17-14-11-8-5-2/h7,10,16,19,25,28,30-31,33-34,36-37,39-40,68H,4-6,8-9,11-15,17-18,20-24,26-27,29,32,35,38,41-67H2,1-3H3/b10-7-,19-16-,28-25-,31-30-,34-33-,37-36-,40-39-. The van der Waals surface area contributed by atoms with E-state index in [0.29, 0.717) is 19.3 Å². The lowest BCUT2D eigenvalue weighted by Gasteiger charge is -2.18. The van der Waals surface area contributed by atoms with Crippen molar-refractivity contribution in [3.8, 4) is 0 Å². The Morgan fingerprint density at radius 1 is 0.273 bits per heavy atom. The first kappa shape index (κ1) is 73.6. The highest BCUT2D eigenvalue weighted by Gasteiger charge is 2.19. The van der Waals surface area contributed by atoms with E-state index >= 15 is 0 Å². The smallest absolute Gasteiger partial charge is 0.306 e. The summed E-state index contributed by atoms with van der Waals surface area (Å²) < 4.78 is 16.9. The predicted molar refractivity (Wildman–Crippen MR) is 334 cm³/mol. The summed E-state index contributed by atoms with van der Waals surface area (Å²) in [6.07, 6.45) is 85.9. The average Bonchev–Trinajstić information content (AvgIpc) is 3.43. The van der Waals surface area contributed by atoms with Crippen LogP contribution < -0.4 is 0 Å². The Bertz CT molecular complexity index is 1470. The van der Waals surface area contributed by atoms with Gasteiger partial charge in [0.1, 0.15) is 13.2 Å². The Morgan fingerprint density at radius 2 is 0.506 bits per heavy atom. The molecule has 0 aromatic carbocycles. The number of carbonyl (C=O) groups excluding carboxylic acids is 3. The van der Waals surface area contributed by atoms with Crippen molar-refractivity contribution in [3.63, 3.8) is 0 Å². The minimum atomic E-state index is -0.775. The fourth-order valence-electron chi connectivity index (χ4n) is 9.48. The Hall–Kier alpha value is -3.41. The maximum atomic E-state index is 12.9. The van der Waals surface area contributed by atoms with Gasteiger partial charge in [0.25, 0.3) is 0 Å². The van der Waals surface area contributed by atoms with Crippen LogP contribution >= 0.6 is 0 Å². The molecule has 0 aliphatic carbocycles. The number of hydrogen-bond acceptors (Lipinski definition) is 6. The first-order chi connectivity index (χ1) is 38.0. The quantitative estimate of drug-likeness (QED) is 0.0261. The number of carbonyl (C=O) groups is 3. The Morgan fingerprint density at radius 3 is 0.792 bits per heavy atom. The summed E-state index contributed by atoms with van der Waals surface area (Å²) >= 11 is 0. The fourth-order valence-corrected chi connectivity index (χ4v) is 9.48. The monoisotopic (exact) mass is 1070 g/mol. The van der Waals surface area contributed by atoms with Crippen LogP contribution in [0.5, 0.6) is 0 Å². The van der Waals surface area contributed by atoms with E-state index < -0.39 is 6.10 Å². The zero-order valence-corrected chi connectivity index (χ0v) is 51.0. The minimum absolute atomic E-state index is 0.0725. The summed E-state index contributed by atoms with van der Waals surface area (Å²) in [4.78, 5) is 38.3. The van der Waals surface area contributed by atoms with Crippen LogP contribution in [0, 0.1) is 0 Å². The number of rotatable bonds is 60. The summed E-state index contributed by atoms with van der Waals surface area (Å²) in [5, 5.41) is 0. The van der Waals surface area contributed by atoms with Gasteiger partial charge < -0.3 is 14.2 Å². The van der Waals surface area contributed by atoms with Gasteiger partial charge in [0.15, 0.2) is 6.10 Å². The molecule has 0 fully saturated rings. The molecule has 0 aliphatic heterocycles. The highest BCUT2D eigenvalue weighted by molar-refractivity contribution is 5.71. The van der Waals surface area contributed by atoms with Crippen LogP contribution in [0.4, 0.5) is 0 Å². The molecule has 0 saturated carbocycles. The molecule has 0 spiro atoms. The Balaban J connectivity index is 4.24. The largest absolute Gasteiger partial charge is 0.462 e. The molecule has 0 aliphatic rings. The number of allylic oxidation sites excluding steroid dienone is 14. The van der Waals surface area contributed by atoms with Crippen molar-refractivity contribution in [1.29, 1.82) is 0 Å². The first-order valence-electron chi connectivity index (χ1n) is 33.1. The third kappa shape index (κ3) is 63.3. The van der Waals surface area contributed by atoms with Gasteiger partial charge in [-0.05, 0) is 77.0 Å². The van der Waals surface area contributed by atoms with Crippen LogP contribution in [0.15, 0.2) is 85.1 Å². The fraction of sp³-hybridized carbons (Fsp3) is 0.761. The van der Waals surface area contributed by atoms with E-state index in [4.69, 9.17) is 14.2 Å². The van der Waals surface area contributed by atoms with E-state index in [2.05, 4.69) is 106 Å². The van der Waals surface area contributed by atoms with Crippen LogP contribution in [-0.2, 0) is 28.6 Å². The van der Waals surface area contributed by atoms with Crippen LogP contribution in [0.3, 0.4) is 0 Å². The zero-order valence-electron chi connectivity index (χ0n) is 51.0. The third-order valence-corrected chi connectivity index (χ3v) is 14.4. The molecule has 0 bridgehead atoms. The highest BCUT2D eigenvalue weighted by atomic mass is 16.6. The van der Waals surface area contributed by atoms with E-state index in [1.54, 1.807) is 0 Å². The van der Waals surface area contributed by atoms with Gasteiger partial charge >= 0.3 is 17.9 Å². The molecule has 6 nitrogen and oxygen atoms in total. The molecule has 0 rings (SSSR count). The van der Waals surface area contributed by atoms with E-state index in [1.807, 2.05) is 0 Å². The molecule has 77 heavy (non-hydrogen) atoms. The number of hydrogen-bond donors (Lipinski definition) is 0. The summed E-state index contributed by atoms with van der Waals surface area (Å²) in [5.41, 5.74) is 0. The Labute approximate surface area is 477 Å². The van der Waals surface area contributed by atoms with Crippen molar-refractivity contribution in [2.24, 2.45) is 0 Å². The molecule has 444 valence electrons. The van der Waals surface area contributed by atoms with Crippen LogP contribution in [-0.4, -0.2) is 37.2 Å². The van der Waals surface area contributed by atoms with Crippen molar-refractivity contribution in [2.75, 3.05) is 13.2 Å². The van der Waals surface area contributed by atoms with Crippen molar-refractivity contribution in [3.05, 3.63) is 85.1 Å². The van der Waals surface area contributed by atoms with Gasteiger partial charge in [0.05, 0.1) is 0 Å². The number of ether oxygens (including phenoxy) is 3. The summed E-state index contributed by atoms with van der Waals surface area (Å²) in [6.45, 7) is 6.56. The summed E-state index contributed by atoms with van der Waals surface area (Å²) in [7, 11) is 0. The number of unbranched alkanes of at least 4 members (excludes halogenated alkanes) is 35. The van der Waals surface area contributed by atoms with Gasteiger partial charge in [-0.2, -0.15) is 0 Å². The normalized spacial score (nSPS) is 12.6. The SMILES string of the molecule is CC/C=C\C/C=C\C/C=C\C/C=C\C/C=C\C/C=C\C/C=C\CCCCCCCCCCCC(=O)OCC(COC(=O)CCCCCCCCCCCCCCCC)OC(=O)CCCCCCCCCCCCCCCC. The highest BCUT2D eigenvalue weighted by Crippen LogP contribution is 2.17. The lowest BCUT2D eigenvalue weighted by molar-refractivity contribution is -0.167. The second kappa shape index (κ2) is 65.1. The first-order valence-corrected chi connectivity index (χ1v) is 33.1. The Kier molecular flexibility index (Phi) is 62.2. The molecule has 0 aromatic rings. The van der Waals surface area contributed by atoms with Crippen LogP contribution in [0.25, 0.3) is 0 Å². The molecular formula is C71H124O6. The van der Waals surface area contributed by atoms with Gasteiger partial charge in [0, 0.05) is 19.3 Å². The average molecular weight is 1070 g/mol. The van der Waals surface area contributed by atoms with E-state index in [1.165, 1.54) is 180 Å². The molecule has 0 heterocycles. The van der Waals surface area contributed by atoms with E-state index in [0.717, 1.165) is 109 Å². The molecule has 0 aromatic heterocycles. The molecule has 0 saturated heterocycles. The molecule has 0 radical (unpaired) electrons. The van der Waals surface area contributed by atoms with Crippen molar-refractivity contribution in [1.82, 2.24) is 0 Å². The van der Waals surface area contributed by atoms with Crippen LogP contribution in [0.2, 0.25) is 0 Å². The zero-order chi connectivity index (χ0) is 55.7. The van der Waals surface area contributed by atoms with Crippen molar-refractivity contribution in [2.45, 2.75) is 335 Å². The molecular weight excluding hydrogens is 949 g/mol.